The normalized spacial score (nSPS) is 12.9. The first-order valence-corrected chi connectivity index (χ1v) is 14.4. The van der Waals surface area contributed by atoms with Crippen LogP contribution in [0, 0.1) is 0 Å². The summed E-state index contributed by atoms with van der Waals surface area (Å²) in [4.78, 5) is 0. The molecule has 0 aliphatic rings. The van der Waals surface area contributed by atoms with Crippen molar-refractivity contribution in [1.82, 2.24) is 0 Å². The Hall–Kier alpha value is -1.90. The predicted molar refractivity (Wildman–Crippen MR) is 152 cm³/mol. The molecule has 2 rings (SSSR count). The monoisotopic (exact) mass is 478 g/mol. The third-order valence-corrected chi connectivity index (χ3v) is 7.10. The molecule has 35 heavy (non-hydrogen) atoms. The molecule has 0 unspecified atom stereocenters. The Morgan fingerprint density at radius 3 is 1.83 bits per heavy atom. The number of hydrogen-bond acceptors (Lipinski definition) is 1. The first kappa shape index (κ1) is 29.3. The van der Waals surface area contributed by atoms with Gasteiger partial charge in [0, 0.05) is 11.1 Å². The van der Waals surface area contributed by atoms with Gasteiger partial charge in [0.1, 0.15) is 13.1 Å². The summed E-state index contributed by atoms with van der Waals surface area (Å²) in [6.07, 6.45) is 20.2. The highest BCUT2D eigenvalue weighted by molar-refractivity contribution is 5.15. The highest BCUT2D eigenvalue weighted by Crippen LogP contribution is 2.20. The second-order valence-corrected chi connectivity index (χ2v) is 10.8. The van der Waals surface area contributed by atoms with Crippen LogP contribution in [-0.4, -0.2) is 29.3 Å². The first-order chi connectivity index (χ1) is 17.1. The quantitative estimate of drug-likeness (QED) is 0.114. The number of hydrogen-bond donors (Lipinski definition) is 1. The number of nitrogens with zero attached hydrogens (tertiary/aromatic N) is 1. The summed E-state index contributed by atoms with van der Waals surface area (Å²) in [5.41, 5.74) is 2.87. The van der Waals surface area contributed by atoms with Crippen LogP contribution in [0.3, 0.4) is 0 Å². The van der Waals surface area contributed by atoms with E-state index in [2.05, 4.69) is 86.8 Å². The van der Waals surface area contributed by atoms with E-state index in [1.807, 2.05) is 0 Å². The average molecular weight is 479 g/mol. The lowest BCUT2D eigenvalue weighted by molar-refractivity contribution is -0.935. The molecule has 0 radical (unpaired) electrons. The van der Waals surface area contributed by atoms with Crippen molar-refractivity contribution in [3.05, 3.63) is 83.9 Å². The van der Waals surface area contributed by atoms with Crippen LogP contribution >= 0.6 is 0 Å². The minimum atomic E-state index is -0.143. The molecule has 0 bridgehead atoms. The molecule has 1 atom stereocenters. The van der Waals surface area contributed by atoms with Crippen molar-refractivity contribution in [2.45, 2.75) is 110 Å². The number of allylic oxidation sites excluding steroid dienone is 1. The maximum absolute atomic E-state index is 10.0. The molecule has 2 aromatic rings. The molecule has 1 N–H and O–H groups in total. The van der Waals surface area contributed by atoms with Crippen LogP contribution in [0.2, 0.25) is 0 Å². The van der Waals surface area contributed by atoms with Gasteiger partial charge in [-0.25, -0.2) is 0 Å². The standard InChI is InChI=1S/C33H52NO/c1-3-4-5-19-26-33(35)27-20-11-9-7-6-8-10-12-21-28-34(2,29-31-22-15-13-16-23-31)30-32-24-17-14-18-25-32/h11,13-18,20,22-25,33,35H,3-10,12,19,21,26-30H2,1-2H3/q+1/b20-11-/t33-/m1/s1. The van der Waals surface area contributed by atoms with E-state index in [-0.39, 0.29) is 6.10 Å². The Morgan fingerprint density at radius 1 is 0.686 bits per heavy atom. The Kier molecular flexibility index (Phi) is 15.4. The molecule has 2 aromatic carbocycles. The van der Waals surface area contributed by atoms with Gasteiger partial charge in [-0.1, -0.05) is 125 Å². The summed E-state index contributed by atoms with van der Waals surface area (Å²) in [6, 6.07) is 21.9. The van der Waals surface area contributed by atoms with Crippen LogP contribution in [0.25, 0.3) is 0 Å². The fourth-order valence-electron chi connectivity index (χ4n) is 5.02. The van der Waals surface area contributed by atoms with Crippen molar-refractivity contribution in [2.24, 2.45) is 0 Å². The molecule has 2 heteroatoms. The summed E-state index contributed by atoms with van der Waals surface area (Å²) in [5.74, 6) is 0. The maximum Gasteiger partial charge on any atom is 0.104 e. The molecule has 0 aliphatic heterocycles. The van der Waals surface area contributed by atoms with Gasteiger partial charge in [-0.2, -0.15) is 0 Å². The topological polar surface area (TPSA) is 20.2 Å². The molecule has 0 fully saturated rings. The van der Waals surface area contributed by atoms with Gasteiger partial charge in [-0.3, -0.25) is 0 Å². The summed E-state index contributed by atoms with van der Waals surface area (Å²) < 4.78 is 1.07. The Balaban J connectivity index is 1.58. The van der Waals surface area contributed by atoms with Gasteiger partial charge in [0.15, 0.2) is 0 Å². The lowest BCUT2D eigenvalue weighted by Crippen LogP contribution is -2.43. The van der Waals surface area contributed by atoms with E-state index in [1.165, 1.54) is 81.9 Å². The van der Waals surface area contributed by atoms with Crippen molar-refractivity contribution in [1.29, 1.82) is 0 Å². The highest BCUT2D eigenvalue weighted by atomic mass is 16.3. The molecule has 0 heterocycles. The van der Waals surface area contributed by atoms with E-state index in [4.69, 9.17) is 0 Å². The van der Waals surface area contributed by atoms with Gasteiger partial charge in [0.2, 0.25) is 0 Å². The van der Waals surface area contributed by atoms with E-state index < -0.39 is 0 Å². The van der Waals surface area contributed by atoms with Gasteiger partial charge < -0.3 is 9.59 Å². The van der Waals surface area contributed by atoms with Crippen LogP contribution in [-0.2, 0) is 13.1 Å². The summed E-state index contributed by atoms with van der Waals surface area (Å²) in [7, 11) is 2.43. The van der Waals surface area contributed by atoms with Crippen molar-refractivity contribution in [3.63, 3.8) is 0 Å². The smallest absolute Gasteiger partial charge is 0.104 e. The van der Waals surface area contributed by atoms with Gasteiger partial charge in [0.25, 0.3) is 0 Å². The second kappa shape index (κ2) is 18.4. The molecule has 0 aliphatic carbocycles. The average Bonchev–Trinajstić information content (AvgIpc) is 2.86. The van der Waals surface area contributed by atoms with E-state index in [9.17, 15) is 5.11 Å². The minimum Gasteiger partial charge on any atom is -0.393 e. The van der Waals surface area contributed by atoms with Crippen LogP contribution in [0.1, 0.15) is 102 Å². The highest BCUT2D eigenvalue weighted by Gasteiger charge is 2.22. The summed E-state index contributed by atoms with van der Waals surface area (Å²) in [5, 5.41) is 10.0. The van der Waals surface area contributed by atoms with Gasteiger partial charge in [-0.15, -0.1) is 0 Å². The number of aliphatic hydroxyl groups excluding tert-OH is 1. The molecule has 0 aromatic heterocycles. The molecule has 0 amide bonds. The lowest BCUT2D eigenvalue weighted by atomic mass is 10.1. The van der Waals surface area contributed by atoms with Crippen molar-refractivity contribution < 1.29 is 9.59 Å². The molecular formula is C33H52NO+. The van der Waals surface area contributed by atoms with Crippen molar-refractivity contribution >= 4 is 0 Å². The Morgan fingerprint density at radius 2 is 1.23 bits per heavy atom. The van der Waals surface area contributed by atoms with E-state index in [1.54, 1.807) is 0 Å². The van der Waals surface area contributed by atoms with Crippen molar-refractivity contribution in [2.75, 3.05) is 13.6 Å². The third kappa shape index (κ3) is 14.3. The Labute approximate surface area is 216 Å². The fourth-order valence-corrected chi connectivity index (χ4v) is 5.02. The zero-order valence-corrected chi connectivity index (χ0v) is 22.7. The largest absolute Gasteiger partial charge is 0.393 e. The predicted octanol–water partition coefficient (Wildman–Crippen LogP) is 8.84. The van der Waals surface area contributed by atoms with Crippen LogP contribution in [0.4, 0.5) is 0 Å². The number of aliphatic hydroxyl groups is 1. The maximum atomic E-state index is 10.0. The number of unbranched alkanes of at least 4 members (excludes halogenated alkanes) is 9. The molecule has 0 saturated heterocycles. The zero-order chi connectivity index (χ0) is 25.0. The third-order valence-electron chi connectivity index (χ3n) is 7.10. The van der Waals surface area contributed by atoms with Crippen LogP contribution < -0.4 is 0 Å². The molecule has 2 nitrogen and oxygen atoms in total. The molecule has 0 spiro atoms. The van der Waals surface area contributed by atoms with E-state index in [0.29, 0.717) is 0 Å². The second-order valence-electron chi connectivity index (χ2n) is 10.8. The molecular weight excluding hydrogens is 426 g/mol. The molecule has 0 saturated carbocycles. The number of rotatable bonds is 20. The van der Waals surface area contributed by atoms with E-state index >= 15 is 0 Å². The lowest BCUT2D eigenvalue weighted by Gasteiger charge is -2.35. The molecule has 194 valence electrons. The number of benzene rings is 2. The van der Waals surface area contributed by atoms with E-state index in [0.717, 1.165) is 36.8 Å². The number of quaternary nitrogens is 1. The van der Waals surface area contributed by atoms with Gasteiger partial charge in [-0.05, 0) is 38.5 Å². The van der Waals surface area contributed by atoms with Crippen molar-refractivity contribution in [3.8, 4) is 0 Å². The van der Waals surface area contributed by atoms with Crippen LogP contribution in [0.15, 0.2) is 72.8 Å². The van der Waals surface area contributed by atoms with Crippen LogP contribution in [0.5, 0.6) is 0 Å². The minimum absolute atomic E-state index is 0.143. The fraction of sp³-hybridized carbons (Fsp3) is 0.576. The van der Waals surface area contributed by atoms with Gasteiger partial charge >= 0.3 is 0 Å². The summed E-state index contributed by atoms with van der Waals surface area (Å²) in [6.45, 7) is 5.65. The first-order valence-electron chi connectivity index (χ1n) is 14.4. The zero-order valence-electron chi connectivity index (χ0n) is 22.7. The Bertz CT molecular complexity index is 729. The van der Waals surface area contributed by atoms with Gasteiger partial charge in [0.05, 0.1) is 19.7 Å². The SMILES string of the molecule is CCCCCC[C@@H](O)C/C=C\CCCCCCCC[N+](C)(Cc1ccccc1)Cc1ccccc1. The summed E-state index contributed by atoms with van der Waals surface area (Å²) >= 11 is 0.